The van der Waals surface area contributed by atoms with Gasteiger partial charge in [0.25, 0.3) is 0 Å². The lowest BCUT2D eigenvalue weighted by Gasteiger charge is -2.24. The number of benzene rings is 3. The number of anilines is 2. The van der Waals surface area contributed by atoms with Crippen molar-refractivity contribution in [1.29, 1.82) is 0 Å². The number of methoxy groups -OCH3 is 1. The van der Waals surface area contributed by atoms with Crippen molar-refractivity contribution in [3.05, 3.63) is 78.6 Å². The first kappa shape index (κ1) is 23.6. The standard InChI is InChI=1S/C29H28N4O3/c1-35-28-18-21(12-15-27(28)36-22-7-3-2-4-8-22)33-29-23-17-20(10-13-24(23)31-19-32-29)11-14-26(34)25-9-5-6-16-30-25/h2-4,7-8,10,12-13,15,17-19,25-26,30,34H,5-6,9,16H2,1H3,(H,31,32,33). The molecule has 3 aromatic carbocycles. The van der Waals surface area contributed by atoms with Crippen LogP contribution < -0.4 is 20.1 Å². The molecule has 4 aromatic rings. The van der Waals surface area contributed by atoms with Crippen molar-refractivity contribution in [2.24, 2.45) is 0 Å². The molecule has 2 atom stereocenters. The SMILES string of the molecule is COc1cc(Nc2ncnc3ccc(C#CC(O)C4CCCCN4)cc23)ccc1Oc1ccccc1. The molecule has 7 heteroatoms. The van der Waals surface area contributed by atoms with Crippen molar-refractivity contribution >= 4 is 22.4 Å². The Balaban J connectivity index is 1.38. The highest BCUT2D eigenvalue weighted by atomic mass is 16.5. The molecule has 0 amide bonds. The fraction of sp³-hybridized carbons (Fsp3) is 0.241. The third-order valence-electron chi connectivity index (χ3n) is 6.13. The van der Waals surface area contributed by atoms with E-state index < -0.39 is 6.10 Å². The average molecular weight is 481 g/mol. The minimum absolute atomic E-state index is 0.0242. The zero-order valence-corrected chi connectivity index (χ0v) is 20.1. The van der Waals surface area contributed by atoms with Crippen LogP contribution in [0.4, 0.5) is 11.5 Å². The molecule has 1 saturated heterocycles. The van der Waals surface area contributed by atoms with Gasteiger partial charge in [-0.05, 0) is 61.9 Å². The molecule has 0 radical (unpaired) electrons. The molecular formula is C29H28N4O3. The fourth-order valence-corrected chi connectivity index (χ4v) is 4.22. The van der Waals surface area contributed by atoms with Crippen LogP contribution in [0.2, 0.25) is 0 Å². The summed E-state index contributed by atoms with van der Waals surface area (Å²) < 4.78 is 11.5. The average Bonchev–Trinajstić information content (AvgIpc) is 2.93. The van der Waals surface area contributed by atoms with E-state index in [-0.39, 0.29) is 6.04 Å². The first-order valence-corrected chi connectivity index (χ1v) is 12.1. The number of ether oxygens (including phenoxy) is 2. The molecule has 182 valence electrons. The first-order chi connectivity index (χ1) is 17.7. The van der Waals surface area contributed by atoms with Gasteiger partial charge in [-0.15, -0.1) is 0 Å². The van der Waals surface area contributed by atoms with Crippen LogP contribution in [0.3, 0.4) is 0 Å². The number of para-hydroxylation sites is 1. The van der Waals surface area contributed by atoms with Crippen molar-refractivity contribution in [3.63, 3.8) is 0 Å². The van der Waals surface area contributed by atoms with Gasteiger partial charge in [0.1, 0.15) is 24.0 Å². The molecule has 3 N–H and O–H groups in total. The van der Waals surface area contributed by atoms with Gasteiger partial charge in [-0.3, -0.25) is 0 Å². The fourth-order valence-electron chi connectivity index (χ4n) is 4.22. The van der Waals surface area contributed by atoms with Gasteiger partial charge in [0.2, 0.25) is 0 Å². The summed E-state index contributed by atoms with van der Waals surface area (Å²) in [6.07, 6.45) is 4.02. The molecule has 2 unspecified atom stereocenters. The Labute approximate surface area is 210 Å². The Bertz CT molecular complexity index is 1390. The molecular weight excluding hydrogens is 452 g/mol. The van der Waals surface area contributed by atoms with Gasteiger partial charge >= 0.3 is 0 Å². The molecule has 2 heterocycles. The van der Waals surface area contributed by atoms with Crippen LogP contribution in [0.5, 0.6) is 17.2 Å². The van der Waals surface area contributed by atoms with Crippen LogP contribution in [0.1, 0.15) is 24.8 Å². The maximum Gasteiger partial charge on any atom is 0.169 e. The van der Waals surface area contributed by atoms with E-state index in [1.807, 2.05) is 66.7 Å². The Morgan fingerprint density at radius 3 is 2.72 bits per heavy atom. The predicted molar refractivity (Wildman–Crippen MR) is 141 cm³/mol. The molecule has 0 bridgehead atoms. The highest BCUT2D eigenvalue weighted by molar-refractivity contribution is 5.91. The number of aliphatic hydroxyl groups excluding tert-OH is 1. The molecule has 0 aliphatic carbocycles. The number of nitrogens with zero attached hydrogens (tertiary/aromatic N) is 2. The topological polar surface area (TPSA) is 88.5 Å². The van der Waals surface area contributed by atoms with Crippen LogP contribution in [-0.4, -0.2) is 40.9 Å². The highest BCUT2D eigenvalue weighted by Crippen LogP contribution is 2.35. The number of aromatic nitrogens is 2. The minimum Gasteiger partial charge on any atom is -0.493 e. The minimum atomic E-state index is -0.699. The van der Waals surface area contributed by atoms with E-state index in [0.717, 1.165) is 53.7 Å². The summed E-state index contributed by atoms with van der Waals surface area (Å²) >= 11 is 0. The van der Waals surface area contributed by atoms with E-state index in [1.165, 1.54) is 6.33 Å². The number of nitrogens with one attached hydrogen (secondary N) is 2. The number of fused-ring (bicyclic) bond motifs is 1. The maximum atomic E-state index is 10.5. The van der Waals surface area contributed by atoms with Gasteiger partial charge < -0.3 is 25.2 Å². The number of hydrogen-bond donors (Lipinski definition) is 3. The lowest BCUT2D eigenvalue weighted by molar-refractivity contribution is 0.162. The van der Waals surface area contributed by atoms with Crippen molar-refractivity contribution < 1.29 is 14.6 Å². The molecule has 0 spiro atoms. The molecule has 7 nitrogen and oxygen atoms in total. The Morgan fingerprint density at radius 1 is 1.03 bits per heavy atom. The van der Waals surface area contributed by atoms with Crippen molar-refractivity contribution in [2.45, 2.75) is 31.4 Å². The quantitative estimate of drug-likeness (QED) is 0.334. The number of rotatable bonds is 6. The number of aliphatic hydroxyl groups is 1. The number of hydrogen-bond acceptors (Lipinski definition) is 7. The summed E-state index contributed by atoms with van der Waals surface area (Å²) in [5.41, 5.74) is 2.38. The monoisotopic (exact) mass is 480 g/mol. The summed E-state index contributed by atoms with van der Waals surface area (Å²) in [6.45, 7) is 0.926. The van der Waals surface area contributed by atoms with Gasteiger partial charge in [0.05, 0.1) is 12.6 Å². The van der Waals surface area contributed by atoms with Gasteiger partial charge in [-0.25, -0.2) is 9.97 Å². The van der Waals surface area contributed by atoms with Crippen LogP contribution in [-0.2, 0) is 0 Å². The Kier molecular flexibility index (Phi) is 7.27. The third kappa shape index (κ3) is 5.57. The van der Waals surface area contributed by atoms with Crippen molar-refractivity contribution in [2.75, 3.05) is 19.0 Å². The summed E-state index contributed by atoms with van der Waals surface area (Å²) in [5.74, 6) is 8.70. The largest absolute Gasteiger partial charge is 0.493 e. The molecule has 1 fully saturated rings. The molecule has 1 aliphatic rings. The maximum absolute atomic E-state index is 10.5. The second-order valence-corrected chi connectivity index (χ2v) is 8.63. The first-order valence-electron chi connectivity index (χ1n) is 12.1. The van der Waals surface area contributed by atoms with Crippen LogP contribution >= 0.6 is 0 Å². The van der Waals surface area contributed by atoms with Crippen LogP contribution in [0.25, 0.3) is 10.9 Å². The number of piperidine rings is 1. The molecule has 1 aliphatic heterocycles. The molecule has 36 heavy (non-hydrogen) atoms. The van der Waals surface area contributed by atoms with Crippen LogP contribution in [0, 0.1) is 11.8 Å². The molecule has 0 saturated carbocycles. The van der Waals surface area contributed by atoms with Gasteiger partial charge in [-0.1, -0.05) is 36.5 Å². The third-order valence-corrected chi connectivity index (χ3v) is 6.13. The van der Waals surface area contributed by atoms with Crippen LogP contribution in [0.15, 0.2) is 73.1 Å². The van der Waals surface area contributed by atoms with Crippen molar-refractivity contribution in [3.8, 4) is 29.1 Å². The smallest absolute Gasteiger partial charge is 0.169 e. The van der Waals surface area contributed by atoms with Gasteiger partial charge in [0.15, 0.2) is 11.5 Å². The van der Waals surface area contributed by atoms with E-state index in [0.29, 0.717) is 17.3 Å². The summed E-state index contributed by atoms with van der Waals surface area (Å²) in [4.78, 5) is 8.84. The summed E-state index contributed by atoms with van der Waals surface area (Å²) in [6, 6.07) is 21.0. The van der Waals surface area contributed by atoms with Gasteiger partial charge in [-0.2, -0.15) is 0 Å². The normalized spacial score (nSPS) is 16.0. The van der Waals surface area contributed by atoms with E-state index >= 15 is 0 Å². The predicted octanol–water partition coefficient (Wildman–Crippen LogP) is 5.03. The second-order valence-electron chi connectivity index (χ2n) is 8.63. The zero-order chi connectivity index (χ0) is 24.7. The van der Waals surface area contributed by atoms with E-state index in [4.69, 9.17) is 9.47 Å². The van der Waals surface area contributed by atoms with Crippen molar-refractivity contribution in [1.82, 2.24) is 15.3 Å². The highest BCUT2D eigenvalue weighted by Gasteiger charge is 2.19. The van der Waals surface area contributed by atoms with Gasteiger partial charge in [0, 0.05) is 28.7 Å². The lowest BCUT2D eigenvalue weighted by atomic mass is 10.00. The van der Waals surface area contributed by atoms with E-state index in [9.17, 15) is 5.11 Å². The van der Waals surface area contributed by atoms with E-state index in [1.54, 1.807) is 7.11 Å². The summed E-state index contributed by atoms with van der Waals surface area (Å²) in [7, 11) is 1.61. The lowest BCUT2D eigenvalue weighted by Crippen LogP contribution is -2.42. The molecule has 5 rings (SSSR count). The zero-order valence-electron chi connectivity index (χ0n) is 20.1. The van der Waals surface area contributed by atoms with E-state index in [2.05, 4.69) is 32.4 Å². The Hall–Kier alpha value is -4.12. The molecule has 1 aromatic heterocycles. The second kappa shape index (κ2) is 11.1. The Morgan fingerprint density at radius 2 is 1.92 bits per heavy atom. The summed E-state index contributed by atoms with van der Waals surface area (Å²) in [5, 5.41) is 18.0.